The summed E-state index contributed by atoms with van der Waals surface area (Å²) in [7, 11) is 0. The van der Waals surface area contributed by atoms with Gasteiger partial charge in [-0.1, -0.05) is 78.4 Å². The molecule has 1 aliphatic carbocycles. The van der Waals surface area contributed by atoms with Crippen molar-refractivity contribution in [3.8, 4) is 21.7 Å². The van der Waals surface area contributed by atoms with Crippen molar-refractivity contribution in [1.29, 1.82) is 0 Å². The van der Waals surface area contributed by atoms with Crippen LogP contribution in [0.2, 0.25) is 0 Å². The topological polar surface area (TPSA) is 94.4 Å². The Labute approximate surface area is 188 Å². The smallest absolute Gasteiger partial charge is 0.412 e. The first-order chi connectivity index (χ1) is 15.6. The van der Waals surface area contributed by atoms with Crippen molar-refractivity contribution in [2.75, 3.05) is 5.32 Å². The number of fused-ring (bicyclic) bond motifs is 1. The van der Waals surface area contributed by atoms with E-state index in [4.69, 9.17) is 9.72 Å². The number of ether oxygens (including phenoxy) is 1. The average Bonchev–Trinajstić information content (AvgIpc) is 3.24. The van der Waals surface area contributed by atoms with Gasteiger partial charge in [-0.2, -0.15) is 0 Å². The molecule has 162 valence electrons. The van der Waals surface area contributed by atoms with Crippen molar-refractivity contribution in [3.63, 3.8) is 0 Å². The quantitative estimate of drug-likeness (QED) is 0.316. The van der Waals surface area contributed by atoms with Crippen molar-refractivity contribution in [2.24, 2.45) is 5.92 Å². The van der Waals surface area contributed by atoms with Crippen LogP contribution in [-0.2, 0) is 9.53 Å². The number of esters is 1. The summed E-state index contributed by atoms with van der Waals surface area (Å²) in [5.74, 6) is -1.09. The number of nitrogens with one attached hydrogen (secondary N) is 1. The Morgan fingerprint density at radius 2 is 1.66 bits per heavy atom. The molecule has 8 heteroatoms. The lowest BCUT2D eigenvalue weighted by molar-refractivity contribution is -0.424. The number of thiazole rings is 1. The summed E-state index contributed by atoms with van der Waals surface area (Å²) in [6, 6.07) is 19.7. The maximum absolute atomic E-state index is 12.4. The molecule has 0 saturated heterocycles. The number of carbonyl (C=O) groups excluding carboxylic acids is 1. The molecule has 1 aliphatic heterocycles. The fourth-order valence-electron chi connectivity index (χ4n) is 4.44. The lowest BCUT2D eigenvalue weighted by Crippen LogP contribution is -2.41. The molecule has 1 N–H and O–H groups in total. The molecule has 2 heterocycles. The van der Waals surface area contributed by atoms with E-state index in [1.807, 2.05) is 60.7 Å². The molecular formula is C24H21N3O4S. The first kappa shape index (κ1) is 20.4. The fourth-order valence-corrected chi connectivity index (χ4v) is 5.44. The Kier molecular flexibility index (Phi) is 5.45. The standard InChI is InChI=1S/C24H21N3O4S/c28-23-21(27(29)30)20(17-13-7-8-14-18(17)31-23)26-24-25-19(15-9-3-1-4-10-15)22(32-24)16-11-5-2-6-12-16/h1-6,9-12,17-18H,7-8,13-14H2,(H,25,26)/t17-,18-/m0/s1. The Morgan fingerprint density at radius 1 is 1.00 bits per heavy atom. The van der Waals surface area contributed by atoms with Gasteiger partial charge in [0.2, 0.25) is 0 Å². The van der Waals surface area contributed by atoms with Crippen molar-refractivity contribution in [3.05, 3.63) is 82.2 Å². The molecular weight excluding hydrogens is 426 g/mol. The van der Waals surface area contributed by atoms with Crippen LogP contribution in [-0.4, -0.2) is 22.0 Å². The second kappa shape index (κ2) is 8.55. The number of hydrogen-bond donors (Lipinski definition) is 1. The second-order valence-corrected chi connectivity index (χ2v) is 8.91. The predicted molar refractivity (Wildman–Crippen MR) is 122 cm³/mol. The van der Waals surface area contributed by atoms with Crippen LogP contribution < -0.4 is 5.32 Å². The zero-order chi connectivity index (χ0) is 22.1. The average molecular weight is 448 g/mol. The second-order valence-electron chi connectivity index (χ2n) is 7.91. The number of hydrogen-bond acceptors (Lipinski definition) is 7. The zero-order valence-corrected chi connectivity index (χ0v) is 18.0. The summed E-state index contributed by atoms with van der Waals surface area (Å²) < 4.78 is 5.40. The van der Waals surface area contributed by atoms with E-state index in [0.29, 0.717) is 10.8 Å². The first-order valence-corrected chi connectivity index (χ1v) is 11.4. The van der Waals surface area contributed by atoms with Gasteiger partial charge in [-0.15, -0.1) is 0 Å². The molecule has 0 radical (unpaired) electrons. The molecule has 2 atom stereocenters. The van der Waals surface area contributed by atoms with Gasteiger partial charge in [0.15, 0.2) is 5.13 Å². The van der Waals surface area contributed by atoms with Gasteiger partial charge in [-0.3, -0.25) is 10.1 Å². The Morgan fingerprint density at radius 3 is 2.34 bits per heavy atom. The lowest BCUT2D eigenvalue weighted by atomic mass is 9.82. The van der Waals surface area contributed by atoms with E-state index in [9.17, 15) is 14.9 Å². The minimum Gasteiger partial charge on any atom is -0.453 e. The van der Waals surface area contributed by atoms with Crippen LogP contribution >= 0.6 is 11.3 Å². The van der Waals surface area contributed by atoms with E-state index in [2.05, 4.69) is 5.32 Å². The third kappa shape index (κ3) is 3.78. The van der Waals surface area contributed by atoms with E-state index >= 15 is 0 Å². The Hall–Kier alpha value is -3.52. The molecule has 0 spiro atoms. The summed E-state index contributed by atoms with van der Waals surface area (Å²) >= 11 is 1.42. The highest BCUT2D eigenvalue weighted by molar-refractivity contribution is 7.19. The molecule has 2 aromatic carbocycles. The minimum absolute atomic E-state index is 0.217. The highest BCUT2D eigenvalue weighted by Crippen LogP contribution is 2.42. The van der Waals surface area contributed by atoms with E-state index < -0.39 is 16.6 Å². The van der Waals surface area contributed by atoms with Crippen LogP contribution in [0, 0.1) is 16.0 Å². The highest BCUT2D eigenvalue weighted by atomic mass is 32.1. The maximum Gasteiger partial charge on any atom is 0.412 e. The van der Waals surface area contributed by atoms with Gasteiger partial charge in [0.05, 0.1) is 15.5 Å². The van der Waals surface area contributed by atoms with Crippen LogP contribution in [0.5, 0.6) is 0 Å². The van der Waals surface area contributed by atoms with Gasteiger partial charge in [-0.25, -0.2) is 9.78 Å². The number of nitro groups is 1. The van der Waals surface area contributed by atoms with Crippen molar-refractivity contribution in [2.45, 2.75) is 31.8 Å². The van der Waals surface area contributed by atoms with Crippen LogP contribution in [0.25, 0.3) is 21.7 Å². The number of aromatic nitrogens is 1. The number of nitrogens with zero attached hydrogens (tertiary/aromatic N) is 2. The molecule has 2 aliphatic rings. The summed E-state index contributed by atoms with van der Waals surface area (Å²) in [4.78, 5) is 29.3. The van der Waals surface area contributed by atoms with Gasteiger partial charge >= 0.3 is 11.7 Å². The van der Waals surface area contributed by atoms with E-state index in [1.165, 1.54) is 11.3 Å². The molecule has 3 aromatic rings. The van der Waals surface area contributed by atoms with Crippen molar-refractivity contribution >= 4 is 22.4 Å². The SMILES string of the molecule is O=C1O[C@H]2CCCC[C@@H]2C(Nc2nc(-c3ccccc3)c(-c3ccccc3)s2)=C1[N+](=O)[O-]. The first-order valence-electron chi connectivity index (χ1n) is 10.6. The van der Waals surface area contributed by atoms with Crippen LogP contribution in [0.4, 0.5) is 5.13 Å². The minimum atomic E-state index is -0.872. The Bertz CT molecular complexity index is 1130. The number of anilines is 1. The van der Waals surface area contributed by atoms with Gasteiger partial charge in [-0.05, 0) is 24.8 Å². The van der Waals surface area contributed by atoms with Crippen molar-refractivity contribution in [1.82, 2.24) is 4.98 Å². The molecule has 7 nitrogen and oxygen atoms in total. The van der Waals surface area contributed by atoms with Crippen LogP contribution in [0.15, 0.2) is 72.1 Å². The lowest BCUT2D eigenvalue weighted by Gasteiger charge is -2.35. The van der Waals surface area contributed by atoms with E-state index in [1.54, 1.807) is 0 Å². The molecule has 0 bridgehead atoms. The number of carbonyl (C=O) groups is 1. The zero-order valence-electron chi connectivity index (χ0n) is 17.2. The summed E-state index contributed by atoms with van der Waals surface area (Å²) in [6.45, 7) is 0. The molecule has 5 rings (SSSR count). The van der Waals surface area contributed by atoms with Gasteiger partial charge in [0.25, 0.3) is 0 Å². The van der Waals surface area contributed by atoms with Crippen LogP contribution in [0.1, 0.15) is 25.7 Å². The number of benzene rings is 2. The molecule has 0 unspecified atom stereocenters. The third-order valence-corrected chi connectivity index (χ3v) is 6.93. The highest BCUT2D eigenvalue weighted by Gasteiger charge is 2.45. The molecule has 1 fully saturated rings. The normalized spacial score (nSPS) is 20.4. The fraction of sp³-hybridized carbons (Fsp3) is 0.250. The summed E-state index contributed by atoms with van der Waals surface area (Å²) in [5.41, 5.74) is 2.58. The van der Waals surface area contributed by atoms with Gasteiger partial charge < -0.3 is 10.1 Å². The number of rotatable bonds is 5. The van der Waals surface area contributed by atoms with E-state index in [0.717, 1.165) is 47.4 Å². The van der Waals surface area contributed by atoms with Gasteiger partial charge in [0.1, 0.15) is 11.8 Å². The molecule has 1 aromatic heterocycles. The summed E-state index contributed by atoms with van der Waals surface area (Å²) in [6.07, 6.45) is 3.01. The predicted octanol–water partition coefficient (Wildman–Crippen LogP) is 5.49. The van der Waals surface area contributed by atoms with Crippen molar-refractivity contribution < 1.29 is 14.5 Å². The Balaban J connectivity index is 1.60. The van der Waals surface area contributed by atoms with Gasteiger partial charge in [0, 0.05) is 11.5 Å². The molecule has 0 amide bonds. The molecule has 1 saturated carbocycles. The monoisotopic (exact) mass is 447 g/mol. The third-order valence-electron chi connectivity index (χ3n) is 5.91. The van der Waals surface area contributed by atoms with E-state index in [-0.39, 0.29) is 12.0 Å². The largest absolute Gasteiger partial charge is 0.453 e. The maximum atomic E-state index is 12.4. The molecule has 32 heavy (non-hydrogen) atoms. The summed E-state index contributed by atoms with van der Waals surface area (Å²) in [5, 5.41) is 15.5. The van der Waals surface area contributed by atoms with Crippen LogP contribution in [0.3, 0.4) is 0 Å².